The fourth-order valence-electron chi connectivity index (χ4n) is 0.272. The first-order valence-electron chi connectivity index (χ1n) is 2.39. The maximum atomic E-state index is 4.29. The van der Waals surface area contributed by atoms with Crippen molar-refractivity contribution in [3.05, 3.63) is 0 Å². The van der Waals surface area contributed by atoms with Crippen molar-refractivity contribution in [3.8, 4) is 0 Å². The van der Waals surface area contributed by atoms with Gasteiger partial charge < -0.3 is 0 Å². The van der Waals surface area contributed by atoms with E-state index in [9.17, 15) is 0 Å². The summed E-state index contributed by atoms with van der Waals surface area (Å²) in [5, 5.41) is 0. The van der Waals surface area contributed by atoms with Crippen LogP contribution in [0.3, 0.4) is 0 Å². The Kier molecular flexibility index (Phi) is 4.04. The van der Waals surface area contributed by atoms with E-state index in [0.29, 0.717) is 10.5 Å². The van der Waals surface area contributed by atoms with Crippen LogP contribution >= 0.6 is 24.4 Å². The number of rotatable bonds is 2. The smallest absolute Gasteiger partial charge is 0.0492 e. The monoisotopic (exact) mass is 136 g/mol. The summed E-state index contributed by atoms with van der Waals surface area (Å²) in [4.78, 5) is 0. The van der Waals surface area contributed by atoms with Gasteiger partial charge >= 0.3 is 0 Å². The molecule has 0 aliphatic carbocycles. The molecule has 0 aromatic rings. The third-order valence-electron chi connectivity index (χ3n) is 0.812. The van der Waals surface area contributed by atoms with Gasteiger partial charge in [0.2, 0.25) is 0 Å². The summed E-state index contributed by atoms with van der Waals surface area (Å²) < 4.78 is 0.514. The Hall–Kier alpha value is 0.700. The second-order valence-electron chi connectivity index (χ2n) is 1.87. The molecule has 1 unspecified atom stereocenters. The lowest BCUT2D eigenvalue weighted by Crippen LogP contribution is -2.00. The quantitative estimate of drug-likeness (QED) is 0.449. The molecule has 0 bridgehead atoms. The summed E-state index contributed by atoms with van der Waals surface area (Å²) in [6.45, 7) is 4.35. The van der Waals surface area contributed by atoms with E-state index in [0.717, 1.165) is 0 Å². The fraction of sp³-hybridized carbons (Fsp3) is 1.00. The first-order valence-corrected chi connectivity index (χ1v) is 4.19. The molecule has 0 aliphatic rings. The summed E-state index contributed by atoms with van der Waals surface area (Å²) >= 11 is 6.08. The molecule has 0 amide bonds. The molecule has 0 saturated carbocycles. The Morgan fingerprint density at radius 1 is 1.43 bits per heavy atom. The average molecular weight is 136 g/mol. The van der Waals surface area contributed by atoms with Crippen molar-refractivity contribution in [1.29, 1.82) is 0 Å². The first-order chi connectivity index (χ1) is 3.18. The highest BCUT2D eigenvalue weighted by atomic mass is 32.2. The van der Waals surface area contributed by atoms with Crippen molar-refractivity contribution in [2.45, 2.75) is 18.4 Å². The lowest BCUT2D eigenvalue weighted by molar-refractivity contribution is 0.724. The first kappa shape index (κ1) is 7.70. The average Bonchev–Trinajstić information content (AvgIpc) is 1.65. The minimum Gasteiger partial charge on any atom is -0.165 e. The zero-order valence-electron chi connectivity index (χ0n) is 5.01. The van der Waals surface area contributed by atoms with Crippen LogP contribution in [0.4, 0.5) is 0 Å². The van der Waals surface area contributed by atoms with Gasteiger partial charge in [0.25, 0.3) is 0 Å². The molecule has 44 valence electrons. The minimum atomic E-state index is 0.514. The van der Waals surface area contributed by atoms with Gasteiger partial charge in [0.05, 0.1) is 0 Å². The molecular weight excluding hydrogens is 124 g/mol. The van der Waals surface area contributed by atoms with Gasteiger partial charge in [0.1, 0.15) is 0 Å². The van der Waals surface area contributed by atoms with Gasteiger partial charge in [-0.1, -0.05) is 13.8 Å². The zero-order chi connectivity index (χ0) is 5.86. The van der Waals surface area contributed by atoms with Crippen LogP contribution in [0, 0.1) is 5.92 Å². The van der Waals surface area contributed by atoms with E-state index in [4.69, 9.17) is 0 Å². The van der Waals surface area contributed by atoms with Crippen molar-refractivity contribution >= 4 is 24.4 Å². The van der Waals surface area contributed by atoms with Crippen molar-refractivity contribution in [2.24, 2.45) is 5.92 Å². The Bertz CT molecular complexity index is 43.3. The Morgan fingerprint density at radius 2 is 1.86 bits per heavy atom. The van der Waals surface area contributed by atoms with Crippen molar-refractivity contribution in [1.82, 2.24) is 0 Å². The molecule has 1 atom stereocenters. The highest BCUT2D eigenvalue weighted by molar-refractivity contribution is 8.09. The molecule has 0 saturated heterocycles. The predicted molar refractivity (Wildman–Crippen MR) is 41.1 cm³/mol. The molecule has 0 aliphatic heterocycles. The molecule has 0 radical (unpaired) electrons. The minimum absolute atomic E-state index is 0.514. The van der Waals surface area contributed by atoms with E-state index in [1.807, 2.05) is 0 Å². The number of thioether (sulfide) groups is 1. The van der Waals surface area contributed by atoms with Crippen LogP contribution < -0.4 is 0 Å². The number of hydrogen-bond donors (Lipinski definition) is 1. The van der Waals surface area contributed by atoms with E-state index in [2.05, 4.69) is 32.7 Å². The normalized spacial score (nSPS) is 15.0. The third-order valence-corrected chi connectivity index (χ3v) is 3.07. The van der Waals surface area contributed by atoms with E-state index < -0.39 is 0 Å². The maximum Gasteiger partial charge on any atom is 0.0492 e. The van der Waals surface area contributed by atoms with Gasteiger partial charge in [0, 0.05) is 4.58 Å². The molecular formula is C5H12S2. The van der Waals surface area contributed by atoms with Gasteiger partial charge in [-0.3, -0.25) is 0 Å². The van der Waals surface area contributed by atoms with E-state index >= 15 is 0 Å². The van der Waals surface area contributed by atoms with Crippen LogP contribution in [-0.4, -0.2) is 10.8 Å². The lowest BCUT2D eigenvalue weighted by atomic mass is 10.3. The van der Waals surface area contributed by atoms with Gasteiger partial charge in [-0.15, -0.1) is 0 Å². The van der Waals surface area contributed by atoms with Gasteiger partial charge in [-0.2, -0.15) is 24.4 Å². The van der Waals surface area contributed by atoms with Crippen LogP contribution in [0.25, 0.3) is 0 Å². The standard InChI is InChI=1S/C5H12S2/c1-4(2)5(6)7-3/h4-6H,1-3H3. The summed E-state index contributed by atoms with van der Waals surface area (Å²) in [5.41, 5.74) is 0. The SMILES string of the molecule is CSC(S)C(C)C. The van der Waals surface area contributed by atoms with E-state index in [1.54, 1.807) is 11.8 Å². The molecule has 0 aromatic carbocycles. The molecule has 0 heterocycles. The van der Waals surface area contributed by atoms with Crippen LogP contribution in [0.15, 0.2) is 0 Å². The highest BCUT2D eigenvalue weighted by Gasteiger charge is 2.02. The molecule has 2 heteroatoms. The van der Waals surface area contributed by atoms with Crippen molar-refractivity contribution in [2.75, 3.05) is 6.26 Å². The highest BCUT2D eigenvalue weighted by Crippen LogP contribution is 2.18. The Labute approximate surface area is 55.5 Å². The zero-order valence-corrected chi connectivity index (χ0v) is 6.72. The van der Waals surface area contributed by atoms with E-state index in [1.165, 1.54) is 0 Å². The molecule has 0 fully saturated rings. The molecule has 0 N–H and O–H groups in total. The van der Waals surface area contributed by atoms with Crippen LogP contribution in [0.5, 0.6) is 0 Å². The van der Waals surface area contributed by atoms with Crippen molar-refractivity contribution in [3.63, 3.8) is 0 Å². The number of hydrogen-bond acceptors (Lipinski definition) is 2. The predicted octanol–water partition coefficient (Wildman–Crippen LogP) is 2.26. The summed E-state index contributed by atoms with van der Waals surface area (Å²) in [6, 6.07) is 0. The van der Waals surface area contributed by atoms with Gasteiger partial charge in [0.15, 0.2) is 0 Å². The number of thiol groups is 1. The second-order valence-corrected chi connectivity index (χ2v) is 3.76. The second kappa shape index (κ2) is 3.67. The van der Waals surface area contributed by atoms with Crippen LogP contribution in [-0.2, 0) is 0 Å². The fourth-order valence-corrected chi connectivity index (χ4v) is 0.816. The van der Waals surface area contributed by atoms with Crippen molar-refractivity contribution < 1.29 is 0 Å². The molecule has 7 heavy (non-hydrogen) atoms. The summed E-state index contributed by atoms with van der Waals surface area (Å²) in [5.74, 6) is 0.693. The molecule has 0 aromatic heterocycles. The summed E-state index contributed by atoms with van der Waals surface area (Å²) in [6.07, 6.45) is 2.08. The van der Waals surface area contributed by atoms with E-state index in [-0.39, 0.29) is 0 Å². The van der Waals surface area contributed by atoms with Crippen LogP contribution in [0.2, 0.25) is 0 Å². The maximum absolute atomic E-state index is 4.29. The lowest BCUT2D eigenvalue weighted by Gasteiger charge is -2.09. The van der Waals surface area contributed by atoms with Gasteiger partial charge in [-0.05, 0) is 12.2 Å². The largest absolute Gasteiger partial charge is 0.165 e. The molecule has 0 nitrogen and oxygen atoms in total. The van der Waals surface area contributed by atoms with Crippen LogP contribution in [0.1, 0.15) is 13.8 Å². The Balaban J connectivity index is 3.14. The molecule has 0 spiro atoms. The third kappa shape index (κ3) is 3.30. The topological polar surface area (TPSA) is 0 Å². The summed E-state index contributed by atoms with van der Waals surface area (Å²) in [7, 11) is 0. The Morgan fingerprint density at radius 3 is 1.86 bits per heavy atom. The molecule has 0 rings (SSSR count). The van der Waals surface area contributed by atoms with Gasteiger partial charge in [-0.25, -0.2) is 0 Å².